The van der Waals surface area contributed by atoms with E-state index in [-0.39, 0.29) is 17.9 Å². The van der Waals surface area contributed by atoms with Crippen molar-refractivity contribution in [1.82, 2.24) is 15.5 Å². The van der Waals surface area contributed by atoms with Gasteiger partial charge in [-0.1, -0.05) is 6.92 Å². The standard InChI is InChI=1S/C22H33N3O5S/c1-5-16(24-21(28)30-22(2,3)4)20(27)25-9-6-17-14(13-25)12-18(31-17)19(26)23-15-7-10-29-11-8-15/h12,15-16H,5-11,13H2,1-4H3,(H,23,26)(H,24,28)/t16-/m1/s1. The highest BCUT2D eigenvalue weighted by Gasteiger charge is 2.30. The van der Waals surface area contributed by atoms with E-state index in [0.29, 0.717) is 44.0 Å². The SMILES string of the molecule is CC[C@@H](NC(=O)OC(C)(C)C)C(=O)N1CCc2sc(C(=O)NC3CCOCC3)cc2C1. The summed E-state index contributed by atoms with van der Waals surface area (Å²) in [5.41, 5.74) is 0.387. The smallest absolute Gasteiger partial charge is 0.408 e. The molecule has 0 bridgehead atoms. The van der Waals surface area contributed by atoms with Crippen molar-refractivity contribution in [3.8, 4) is 0 Å². The van der Waals surface area contributed by atoms with Gasteiger partial charge in [0.15, 0.2) is 0 Å². The van der Waals surface area contributed by atoms with E-state index in [2.05, 4.69) is 10.6 Å². The minimum Gasteiger partial charge on any atom is -0.444 e. The van der Waals surface area contributed by atoms with Crippen LogP contribution in [0.15, 0.2) is 6.07 Å². The van der Waals surface area contributed by atoms with Gasteiger partial charge in [0.1, 0.15) is 11.6 Å². The summed E-state index contributed by atoms with van der Waals surface area (Å²) in [6.07, 6.45) is 2.26. The lowest BCUT2D eigenvalue weighted by Gasteiger charge is -2.31. The van der Waals surface area contributed by atoms with E-state index < -0.39 is 17.7 Å². The first-order chi connectivity index (χ1) is 14.7. The predicted molar refractivity (Wildman–Crippen MR) is 118 cm³/mol. The van der Waals surface area contributed by atoms with Gasteiger partial charge in [-0.25, -0.2) is 4.79 Å². The Labute approximate surface area is 187 Å². The van der Waals surface area contributed by atoms with Crippen LogP contribution >= 0.6 is 11.3 Å². The molecule has 3 rings (SSSR count). The highest BCUT2D eigenvalue weighted by Crippen LogP contribution is 2.29. The van der Waals surface area contributed by atoms with E-state index in [1.165, 1.54) is 11.3 Å². The van der Waals surface area contributed by atoms with E-state index in [4.69, 9.17) is 9.47 Å². The van der Waals surface area contributed by atoms with E-state index in [0.717, 1.165) is 23.3 Å². The molecule has 0 unspecified atom stereocenters. The molecule has 1 aromatic heterocycles. The highest BCUT2D eigenvalue weighted by atomic mass is 32.1. The topological polar surface area (TPSA) is 97.0 Å². The zero-order valence-corrected chi connectivity index (χ0v) is 19.6. The molecular formula is C22H33N3O5S. The Morgan fingerprint density at radius 2 is 2.00 bits per heavy atom. The Bertz CT molecular complexity index is 811. The number of carbonyl (C=O) groups excluding carboxylic acids is 3. The summed E-state index contributed by atoms with van der Waals surface area (Å²) in [5.74, 6) is -0.180. The molecule has 0 aliphatic carbocycles. The number of fused-ring (bicyclic) bond motifs is 1. The number of alkyl carbamates (subject to hydrolysis) is 1. The van der Waals surface area contributed by atoms with Crippen molar-refractivity contribution >= 4 is 29.2 Å². The monoisotopic (exact) mass is 451 g/mol. The lowest BCUT2D eigenvalue weighted by Crippen LogP contribution is -2.50. The largest absolute Gasteiger partial charge is 0.444 e. The van der Waals surface area contributed by atoms with Crippen molar-refractivity contribution < 1.29 is 23.9 Å². The fourth-order valence-electron chi connectivity index (χ4n) is 3.74. The Hall–Kier alpha value is -2.13. The maximum absolute atomic E-state index is 13.0. The van der Waals surface area contributed by atoms with E-state index >= 15 is 0 Å². The number of rotatable bonds is 5. The molecule has 3 heterocycles. The predicted octanol–water partition coefficient (Wildman–Crippen LogP) is 2.84. The summed E-state index contributed by atoms with van der Waals surface area (Å²) < 4.78 is 10.6. The molecule has 1 fully saturated rings. The number of nitrogens with one attached hydrogen (secondary N) is 2. The Morgan fingerprint density at radius 3 is 2.65 bits per heavy atom. The van der Waals surface area contributed by atoms with Gasteiger partial charge in [-0.2, -0.15) is 0 Å². The minimum absolute atomic E-state index is 0.0535. The first-order valence-electron chi connectivity index (χ1n) is 10.9. The molecule has 3 amide bonds. The molecule has 2 aliphatic rings. The third kappa shape index (κ3) is 6.43. The molecule has 2 N–H and O–H groups in total. The molecule has 2 aliphatic heterocycles. The highest BCUT2D eigenvalue weighted by molar-refractivity contribution is 7.14. The third-order valence-electron chi connectivity index (χ3n) is 5.36. The van der Waals surface area contributed by atoms with Gasteiger partial charge < -0.3 is 25.0 Å². The van der Waals surface area contributed by atoms with E-state index in [1.807, 2.05) is 13.0 Å². The van der Waals surface area contributed by atoms with Gasteiger partial charge in [-0.05, 0) is 58.1 Å². The van der Waals surface area contributed by atoms with Gasteiger partial charge in [0.05, 0.1) is 4.88 Å². The average molecular weight is 452 g/mol. The zero-order chi connectivity index (χ0) is 22.6. The number of nitrogens with zero attached hydrogens (tertiary/aromatic N) is 1. The summed E-state index contributed by atoms with van der Waals surface area (Å²) in [7, 11) is 0. The van der Waals surface area contributed by atoms with Crippen LogP contribution in [0.2, 0.25) is 0 Å². The fraction of sp³-hybridized carbons (Fsp3) is 0.682. The second kappa shape index (κ2) is 9.99. The Kier molecular flexibility index (Phi) is 7.59. The first-order valence-corrected chi connectivity index (χ1v) is 11.8. The summed E-state index contributed by atoms with van der Waals surface area (Å²) in [6.45, 7) is 9.59. The van der Waals surface area contributed by atoms with Crippen LogP contribution in [0.5, 0.6) is 0 Å². The quantitative estimate of drug-likeness (QED) is 0.718. The van der Waals surface area contributed by atoms with Gasteiger partial charge in [-0.15, -0.1) is 11.3 Å². The van der Waals surface area contributed by atoms with Crippen LogP contribution < -0.4 is 10.6 Å². The molecule has 31 heavy (non-hydrogen) atoms. The van der Waals surface area contributed by atoms with E-state index in [1.54, 1.807) is 25.7 Å². The van der Waals surface area contributed by atoms with Gasteiger partial charge in [-0.3, -0.25) is 9.59 Å². The van der Waals surface area contributed by atoms with Crippen molar-refractivity contribution in [2.75, 3.05) is 19.8 Å². The molecule has 1 atom stereocenters. The minimum atomic E-state index is -0.633. The third-order valence-corrected chi connectivity index (χ3v) is 6.59. The fourth-order valence-corrected chi connectivity index (χ4v) is 4.81. The second-order valence-electron chi connectivity index (χ2n) is 9.04. The van der Waals surface area contributed by atoms with Crippen molar-refractivity contribution in [1.29, 1.82) is 0 Å². The average Bonchev–Trinajstić information content (AvgIpc) is 3.14. The summed E-state index contributed by atoms with van der Waals surface area (Å²) in [5, 5.41) is 5.78. The maximum Gasteiger partial charge on any atom is 0.408 e. The summed E-state index contributed by atoms with van der Waals surface area (Å²) >= 11 is 1.51. The van der Waals surface area contributed by atoms with Crippen LogP contribution in [0.3, 0.4) is 0 Å². The molecular weight excluding hydrogens is 418 g/mol. The second-order valence-corrected chi connectivity index (χ2v) is 10.2. The van der Waals surface area contributed by atoms with Gasteiger partial charge in [0.25, 0.3) is 5.91 Å². The Morgan fingerprint density at radius 1 is 1.29 bits per heavy atom. The molecule has 1 aromatic rings. The lowest BCUT2D eigenvalue weighted by molar-refractivity contribution is -0.134. The van der Waals surface area contributed by atoms with Gasteiger partial charge >= 0.3 is 6.09 Å². The molecule has 9 heteroatoms. The van der Waals surface area contributed by atoms with E-state index in [9.17, 15) is 14.4 Å². The normalized spacial score (nSPS) is 18.1. The van der Waals surface area contributed by atoms with Crippen molar-refractivity contribution in [3.05, 3.63) is 21.4 Å². The number of carbonyl (C=O) groups is 3. The van der Waals surface area contributed by atoms with Crippen molar-refractivity contribution in [3.63, 3.8) is 0 Å². The molecule has 1 saturated heterocycles. The number of thiophene rings is 1. The molecule has 8 nitrogen and oxygen atoms in total. The molecule has 0 saturated carbocycles. The van der Waals surface area contributed by atoms with Crippen LogP contribution in [0.1, 0.15) is 67.1 Å². The van der Waals surface area contributed by atoms with Crippen molar-refractivity contribution in [2.45, 2.75) is 77.6 Å². The van der Waals surface area contributed by atoms with Crippen LogP contribution in [0.25, 0.3) is 0 Å². The van der Waals surface area contributed by atoms with Gasteiger partial charge in [0, 0.05) is 37.2 Å². The molecule has 172 valence electrons. The summed E-state index contributed by atoms with van der Waals surface area (Å²) in [6, 6.07) is 1.42. The van der Waals surface area contributed by atoms with Gasteiger partial charge in [0.2, 0.25) is 5.91 Å². The van der Waals surface area contributed by atoms with Crippen LogP contribution in [0.4, 0.5) is 4.79 Å². The molecule has 0 radical (unpaired) electrons. The lowest BCUT2D eigenvalue weighted by atomic mass is 10.1. The van der Waals surface area contributed by atoms with Crippen molar-refractivity contribution in [2.24, 2.45) is 0 Å². The van der Waals surface area contributed by atoms with Crippen LogP contribution in [0, 0.1) is 0 Å². The first kappa shape index (κ1) is 23.5. The maximum atomic E-state index is 13.0. The number of amides is 3. The number of ether oxygens (including phenoxy) is 2. The zero-order valence-electron chi connectivity index (χ0n) is 18.8. The number of hydrogen-bond acceptors (Lipinski definition) is 6. The van der Waals surface area contributed by atoms with Crippen LogP contribution in [-0.4, -0.2) is 60.3 Å². The molecule has 0 aromatic carbocycles. The van der Waals surface area contributed by atoms with Crippen LogP contribution in [-0.2, 0) is 27.2 Å². The molecule has 0 spiro atoms. The number of hydrogen-bond donors (Lipinski definition) is 2. The summed E-state index contributed by atoms with van der Waals surface area (Å²) in [4.78, 5) is 41.3. The Balaban J connectivity index is 1.59.